The summed E-state index contributed by atoms with van der Waals surface area (Å²) in [5.41, 5.74) is 0.317. The highest BCUT2D eigenvalue weighted by atomic mass is 16.5. The average Bonchev–Trinajstić information content (AvgIpc) is 2.93. The summed E-state index contributed by atoms with van der Waals surface area (Å²) >= 11 is 0. The van der Waals surface area contributed by atoms with E-state index in [4.69, 9.17) is 4.74 Å². The van der Waals surface area contributed by atoms with Crippen LogP contribution < -0.4 is 5.32 Å². The number of hydrogen-bond acceptors (Lipinski definition) is 2. The molecule has 0 amide bonds. The first kappa shape index (κ1) is 18.0. The second-order valence-electron chi connectivity index (χ2n) is 6.63. The Balaban J connectivity index is 1.98. The number of rotatable bonds is 13. The van der Waals surface area contributed by atoms with Crippen LogP contribution in [0.1, 0.15) is 97.3 Å². The highest BCUT2D eigenvalue weighted by Crippen LogP contribution is 2.26. The third-order valence-corrected chi connectivity index (χ3v) is 4.70. The van der Waals surface area contributed by atoms with Gasteiger partial charge in [-0.1, -0.05) is 84.5 Å². The van der Waals surface area contributed by atoms with Crippen molar-refractivity contribution in [2.75, 3.05) is 13.3 Å². The van der Waals surface area contributed by atoms with E-state index < -0.39 is 0 Å². The molecule has 0 saturated carbocycles. The lowest BCUT2D eigenvalue weighted by molar-refractivity contribution is 0.169. The Morgan fingerprint density at radius 1 is 0.750 bits per heavy atom. The molecular formula is C18H37NO. The first-order chi connectivity index (χ1) is 9.83. The van der Waals surface area contributed by atoms with E-state index in [9.17, 15) is 0 Å². The van der Waals surface area contributed by atoms with Crippen molar-refractivity contribution in [3.05, 3.63) is 0 Å². The van der Waals surface area contributed by atoms with Crippen LogP contribution in [0.25, 0.3) is 0 Å². The SMILES string of the molecule is CCCCCCCCCCCC1(CCCC)COCN1. The van der Waals surface area contributed by atoms with Crippen LogP contribution in [-0.2, 0) is 4.74 Å². The van der Waals surface area contributed by atoms with E-state index in [0.717, 1.165) is 13.3 Å². The minimum absolute atomic E-state index is 0.317. The van der Waals surface area contributed by atoms with Crippen LogP contribution in [0.4, 0.5) is 0 Å². The second kappa shape index (κ2) is 11.6. The summed E-state index contributed by atoms with van der Waals surface area (Å²) in [6.07, 6.45) is 18.0. The topological polar surface area (TPSA) is 21.3 Å². The van der Waals surface area contributed by atoms with Crippen molar-refractivity contribution >= 4 is 0 Å². The lowest BCUT2D eigenvalue weighted by Gasteiger charge is -2.27. The van der Waals surface area contributed by atoms with Gasteiger partial charge in [-0.25, -0.2) is 0 Å². The van der Waals surface area contributed by atoms with Gasteiger partial charge < -0.3 is 4.74 Å². The predicted octanol–water partition coefficient (Wildman–Crippen LogP) is 5.41. The monoisotopic (exact) mass is 283 g/mol. The minimum atomic E-state index is 0.317. The first-order valence-corrected chi connectivity index (χ1v) is 9.16. The summed E-state index contributed by atoms with van der Waals surface area (Å²) in [4.78, 5) is 0. The Labute approximate surface area is 127 Å². The first-order valence-electron chi connectivity index (χ1n) is 9.16. The van der Waals surface area contributed by atoms with E-state index in [-0.39, 0.29) is 0 Å². The van der Waals surface area contributed by atoms with Crippen LogP contribution in [0, 0.1) is 0 Å². The maximum Gasteiger partial charge on any atom is 0.0971 e. The Bertz CT molecular complexity index is 211. The highest BCUT2D eigenvalue weighted by molar-refractivity contribution is 4.90. The zero-order valence-corrected chi connectivity index (χ0v) is 14.0. The quantitative estimate of drug-likeness (QED) is 0.456. The summed E-state index contributed by atoms with van der Waals surface area (Å²) in [7, 11) is 0. The minimum Gasteiger partial charge on any atom is -0.364 e. The van der Waals surface area contributed by atoms with Crippen molar-refractivity contribution in [2.24, 2.45) is 0 Å². The van der Waals surface area contributed by atoms with Crippen LogP contribution in [0.2, 0.25) is 0 Å². The number of unbranched alkanes of at least 4 members (excludes halogenated alkanes) is 9. The predicted molar refractivity (Wildman–Crippen MR) is 88.1 cm³/mol. The maximum absolute atomic E-state index is 5.58. The Kier molecular flexibility index (Phi) is 10.4. The molecule has 1 atom stereocenters. The maximum atomic E-state index is 5.58. The lowest BCUT2D eigenvalue weighted by Crippen LogP contribution is -2.42. The van der Waals surface area contributed by atoms with Crippen LogP contribution in [0.15, 0.2) is 0 Å². The largest absolute Gasteiger partial charge is 0.364 e. The molecule has 2 nitrogen and oxygen atoms in total. The van der Waals surface area contributed by atoms with Crippen molar-refractivity contribution in [2.45, 2.75) is 103 Å². The van der Waals surface area contributed by atoms with E-state index in [1.165, 1.54) is 83.5 Å². The molecule has 1 heterocycles. The number of nitrogens with one attached hydrogen (secondary N) is 1. The van der Waals surface area contributed by atoms with Crippen LogP contribution in [0.3, 0.4) is 0 Å². The Hall–Kier alpha value is -0.0800. The average molecular weight is 283 g/mol. The van der Waals surface area contributed by atoms with Gasteiger partial charge in [-0.15, -0.1) is 0 Å². The third-order valence-electron chi connectivity index (χ3n) is 4.70. The standard InChI is InChI=1S/C18H37NO/c1-3-5-7-8-9-10-11-12-13-15-18(14-6-4-2)16-20-17-19-18/h19H,3-17H2,1-2H3. The molecule has 0 aliphatic carbocycles. The molecule has 1 rings (SSSR count). The molecular weight excluding hydrogens is 246 g/mol. The zero-order chi connectivity index (χ0) is 14.5. The summed E-state index contributed by atoms with van der Waals surface area (Å²) in [6.45, 7) is 6.27. The zero-order valence-electron chi connectivity index (χ0n) is 14.0. The summed E-state index contributed by atoms with van der Waals surface area (Å²) in [5.74, 6) is 0. The molecule has 0 aromatic rings. The Morgan fingerprint density at radius 2 is 1.30 bits per heavy atom. The molecule has 1 aliphatic rings. The van der Waals surface area contributed by atoms with Gasteiger partial charge in [0.25, 0.3) is 0 Å². The van der Waals surface area contributed by atoms with Gasteiger partial charge >= 0.3 is 0 Å². The van der Waals surface area contributed by atoms with Crippen LogP contribution in [-0.4, -0.2) is 18.9 Å². The Morgan fingerprint density at radius 3 is 1.85 bits per heavy atom. The summed E-state index contributed by atoms with van der Waals surface area (Å²) in [6, 6.07) is 0. The van der Waals surface area contributed by atoms with Gasteiger partial charge in [-0.2, -0.15) is 0 Å². The van der Waals surface area contributed by atoms with E-state index in [0.29, 0.717) is 5.54 Å². The molecule has 0 spiro atoms. The van der Waals surface area contributed by atoms with Gasteiger partial charge in [0, 0.05) is 5.54 Å². The molecule has 1 fully saturated rings. The fraction of sp³-hybridized carbons (Fsp3) is 1.00. The molecule has 0 aromatic carbocycles. The molecule has 1 aliphatic heterocycles. The van der Waals surface area contributed by atoms with Gasteiger partial charge in [0.05, 0.1) is 13.3 Å². The van der Waals surface area contributed by atoms with Gasteiger partial charge in [0.2, 0.25) is 0 Å². The highest BCUT2D eigenvalue weighted by Gasteiger charge is 2.32. The molecule has 1 unspecified atom stereocenters. The smallest absolute Gasteiger partial charge is 0.0971 e. The van der Waals surface area contributed by atoms with Crippen molar-refractivity contribution < 1.29 is 4.74 Å². The van der Waals surface area contributed by atoms with Gasteiger partial charge in [-0.3, -0.25) is 5.32 Å². The molecule has 0 bridgehead atoms. The van der Waals surface area contributed by atoms with Crippen molar-refractivity contribution in [3.63, 3.8) is 0 Å². The van der Waals surface area contributed by atoms with Gasteiger partial charge in [-0.05, 0) is 12.8 Å². The molecule has 120 valence electrons. The van der Waals surface area contributed by atoms with E-state index >= 15 is 0 Å². The third kappa shape index (κ3) is 7.64. The summed E-state index contributed by atoms with van der Waals surface area (Å²) < 4.78 is 5.58. The van der Waals surface area contributed by atoms with Crippen LogP contribution >= 0.6 is 0 Å². The number of hydrogen-bond donors (Lipinski definition) is 1. The van der Waals surface area contributed by atoms with Crippen molar-refractivity contribution in [1.82, 2.24) is 5.32 Å². The number of ether oxygens (including phenoxy) is 1. The van der Waals surface area contributed by atoms with Crippen LogP contribution in [0.5, 0.6) is 0 Å². The molecule has 2 heteroatoms. The normalized spacial score (nSPS) is 22.5. The summed E-state index contributed by atoms with van der Waals surface area (Å²) in [5, 5.41) is 3.61. The lowest BCUT2D eigenvalue weighted by atomic mass is 9.88. The van der Waals surface area contributed by atoms with Gasteiger partial charge in [0.15, 0.2) is 0 Å². The molecule has 1 saturated heterocycles. The van der Waals surface area contributed by atoms with E-state index in [2.05, 4.69) is 19.2 Å². The van der Waals surface area contributed by atoms with Crippen molar-refractivity contribution in [1.29, 1.82) is 0 Å². The second-order valence-corrected chi connectivity index (χ2v) is 6.63. The molecule has 0 aromatic heterocycles. The fourth-order valence-electron chi connectivity index (χ4n) is 3.24. The molecule has 20 heavy (non-hydrogen) atoms. The molecule has 0 radical (unpaired) electrons. The van der Waals surface area contributed by atoms with Crippen molar-refractivity contribution in [3.8, 4) is 0 Å². The molecule has 1 N–H and O–H groups in total. The fourth-order valence-corrected chi connectivity index (χ4v) is 3.24. The van der Waals surface area contributed by atoms with E-state index in [1.807, 2.05) is 0 Å². The van der Waals surface area contributed by atoms with E-state index in [1.54, 1.807) is 0 Å². The van der Waals surface area contributed by atoms with Gasteiger partial charge in [0.1, 0.15) is 0 Å².